The fourth-order valence-corrected chi connectivity index (χ4v) is 2.24. The normalized spacial score (nSPS) is 24.8. The molecule has 2 unspecified atom stereocenters. The van der Waals surface area contributed by atoms with Gasteiger partial charge in [0.15, 0.2) is 0 Å². The third-order valence-electron chi connectivity index (χ3n) is 2.98. The molecule has 1 heteroatoms. The lowest BCUT2D eigenvalue weighted by Gasteiger charge is -2.03. The Balaban J connectivity index is 2.23. The fraction of sp³-hybridized carbons (Fsp3) is 0.462. The third-order valence-corrected chi connectivity index (χ3v) is 2.98. The van der Waals surface area contributed by atoms with Crippen LogP contribution in [0.2, 0.25) is 0 Å². The predicted molar refractivity (Wildman–Crippen MR) is 57.4 cm³/mol. The van der Waals surface area contributed by atoms with Crippen molar-refractivity contribution in [3.05, 3.63) is 34.9 Å². The van der Waals surface area contributed by atoms with Crippen molar-refractivity contribution in [3.63, 3.8) is 0 Å². The highest BCUT2D eigenvalue weighted by molar-refractivity contribution is 5.82. The van der Waals surface area contributed by atoms with E-state index in [4.69, 9.17) is 0 Å². The van der Waals surface area contributed by atoms with Gasteiger partial charge < -0.3 is 0 Å². The average Bonchev–Trinajstić information content (AvgIpc) is 2.79. The maximum atomic E-state index is 11.2. The lowest BCUT2D eigenvalue weighted by atomic mass is 10.0. The van der Waals surface area contributed by atoms with Crippen molar-refractivity contribution >= 4 is 5.78 Å². The molecule has 1 aromatic carbocycles. The van der Waals surface area contributed by atoms with Crippen LogP contribution in [0.15, 0.2) is 18.2 Å². The van der Waals surface area contributed by atoms with Crippen LogP contribution in [0.3, 0.4) is 0 Å². The van der Waals surface area contributed by atoms with E-state index in [0.29, 0.717) is 17.6 Å². The van der Waals surface area contributed by atoms with E-state index >= 15 is 0 Å². The van der Waals surface area contributed by atoms with Crippen molar-refractivity contribution in [3.8, 4) is 0 Å². The smallest absolute Gasteiger partial charge is 0.133 e. The van der Waals surface area contributed by atoms with Crippen molar-refractivity contribution < 1.29 is 4.79 Å². The molecular formula is C13H16O. The van der Waals surface area contributed by atoms with Crippen LogP contribution in [0.1, 0.15) is 36.0 Å². The summed E-state index contributed by atoms with van der Waals surface area (Å²) in [6.45, 7) is 5.93. The minimum absolute atomic E-state index is 0.302. The average molecular weight is 188 g/mol. The molecule has 1 aliphatic carbocycles. The number of carbonyl (C=O) groups is 1. The second-order valence-electron chi connectivity index (χ2n) is 4.48. The first-order chi connectivity index (χ1) is 6.58. The van der Waals surface area contributed by atoms with E-state index in [1.165, 1.54) is 16.7 Å². The van der Waals surface area contributed by atoms with Crippen LogP contribution in [-0.4, -0.2) is 5.78 Å². The molecule has 2 rings (SSSR count). The van der Waals surface area contributed by atoms with E-state index in [1.54, 1.807) is 6.92 Å². The Morgan fingerprint density at radius 3 is 2.21 bits per heavy atom. The van der Waals surface area contributed by atoms with Crippen LogP contribution in [0.4, 0.5) is 0 Å². The molecule has 14 heavy (non-hydrogen) atoms. The molecule has 0 aliphatic heterocycles. The van der Waals surface area contributed by atoms with Crippen molar-refractivity contribution in [2.24, 2.45) is 5.92 Å². The topological polar surface area (TPSA) is 17.1 Å². The van der Waals surface area contributed by atoms with Crippen molar-refractivity contribution in [2.75, 3.05) is 0 Å². The molecule has 74 valence electrons. The molecule has 0 saturated heterocycles. The monoisotopic (exact) mass is 188 g/mol. The first kappa shape index (κ1) is 9.45. The van der Waals surface area contributed by atoms with Gasteiger partial charge in [-0.3, -0.25) is 4.79 Å². The summed E-state index contributed by atoms with van der Waals surface area (Å²) < 4.78 is 0. The minimum Gasteiger partial charge on any atom is -0.300 e. The molecule has 1 nitrogen and oxygen atoms in total. The number of rotatable bonds is 2. The molecule has 2 atom stereocenters. The molecule has 0 aromatic heterocycles. The molecule has 0 N–H and O–H groups in total. The molecule has 0 bridgehead atoms. The molecule has 1 saturated carbocycles. The Bertz CT molecular complexity index is 359. The van der Waals surface area contributed by atoms with Crippen molar-refractivity contribution in [2.45, 2.75) is 33.1 Å². The van der Waals surface area contributed by atoms with E-state index < -0.39 is 0 Å². The molecule has 0 amide bonds. The number of aryl methyl sites for hydroxylation is 2. The standard InChI is InChI=1S/C13H16O/c1-8-4-9(2)6-11(5-8)13-7-12(13)10(3)14/h4-6,12-13H,7H2,1-3H3. The molecule has 0 spiro atoms. The van der Waals surface area contributed by atoms with Crippen molar-refractivity contribution in [1.82, 2.24) is 0 Å². The molecular weight excluding hydrogens is 172 g/mol. The van der Waals surface area contributed by atoms with E-state index in [2.05, 4.69) is 32.0 Å². The largest absolute Gasteiger partial charge is 0.300 e. The van der Waals surface area contributed by atoms with Gasteiger partial charge in [-0.25, -0.2) is 0 Å². The van der Waals surface area contributed by atoms with Gasteiger partial charge in [0.05, 0.1) is 0 Å². The minimum atomic E-state index is 0.302. The summed E-state index contributed by atoms with van der Waals surface area (Å²) in [7, 11) is 0. The molecule has 0 radical (unpaired) electrons. The zero-order valence-electron chi connectivity index (χ0n) is 9.00. The number of hydrogen-bond acceptors (Lipinski definition) is 1. The number of benzene rings is 1. The maximum absolute atomic E-state index is 11.2. The van der Waals surface area contributed by atoms with E-state index in [1.807, 2.05) is 0 Å². The second kappa shape index (κ2) is 3.23. The molecule has 0 heterocycles. The summed E-state index contributed by atoms with van der Waals surface area (Å²) >= 11 is 0. The van der Waals surface area contributed by atoms with Gasteiger partial charge in [-0.05, 0) is 38.7 Å². The van der Waals surface area contributed by atoms with Crippen LogP contribution in [0.25, 0.3) is 0 Å². The lowest BCUT2D eigenvalue weighted by molar-refractivity contribution is -0.118. The Morgan fingerprint density at radius 1 is 1.21 bits per heavy atom. The molecule has 1 aliphatic rings. The maximum Gasteiger partial charge on any atom is 0.133 e. The van der Waals surface area contributed by atoms with Crippen LogP contribution < -0.4 is 0 Å². The molecule has 1 aromatic rings. The SMILES string of the molecule is CC(=O)C1CC1c1cc(C)cc(C)c1. The van der Waals surface area contributed by atoms with E-state index in [-0.39, 0.29) is 0 Å². The predicted octanol–water partition coefficient (Wildman–Crippen LogP) is 3.00. The lowest BCUT2D eigenvalue weighted by Crippen LogP contribution is -1.95. The first-order valence-corrected chi connectivity index (χ1v) is 5.16. The van der Waals surface area contributed by atoms with Gasteiger partial charge in [0.2, 0.25) is 0 Å². The van der Waals surface area contributed by atoms with Crippen LogP contribution in [0, 0.1) is 19.8 Å². The number of ketones is 1. The Labute approximate surface area is 85.1 Å². The van der Waals surface area contributed by atoms with Gasteiger partial charge in [-0.2, -0.15) is 0 Å². The van der Waals surface area contributed by atoms with Crippen LogP contribution in [0.5, 0.6) is 0 Å². The van der Waals surface area contributed by atoms with Gasteiger partial charge >= 0.3 is 0 Å². The summed E-state index contributed by atoms with van der Waals surface area (Å²) in [5, 5.41) is 0. The van der Waals surface area contributed by atoms with Crippen molar-refractivity contribution in [1.29, 1.82) is 0 Å². The second-order valence-corrected chi connectivity index (χ2v) is 4.48. The van der Waals surface area contributed by atoms with Crippen LogP contribution >= 0.6 is 0 Å². The van der Waals surface area contributed by atoms with Gasteiger partial charge in [0.25, 0.3) is 0 Å². The van der Waals surface area contributed by atoms with Gasteiger partial charge in [-0.15, -0.1) is 0 Å². The number of Topliss-reactive ketones (excluding diaryl/α,β-unsaturated/α-hetero) is 1. The van der Waals surface area contributed by atoms with Crippen LogP contribution in [-0.2, 0) is 4.79 Å². The third kappa shape index (κ3) is 1.72. The van der Waals surface area contributed by atoms with E-state index in [9.17, 15) is 4.79 Å². The summed E-state index contributed by atoms with van der Waals surface area (Å²) in [6.07, 6.45) is 1.05. The highest BCUT2D eigenvalue weighted by atomic mass is 16.1. The summed E-state index contributed by atoms with van der Waals surface area (Å²) in [6, 6.07) is 6.59. The highest BCUT2D eigenvalue weighted by Gasteiger charge is 2.41. The summed E-state index contributed by atoms with van der Waals surface area (Å²) in [4.78, 5) is 11.2. The first-order valence-electron chi connectivity index (χ1n) is 5.16. The summed E-state index contributed by atoms with van der Waals surface area (Å²) in [5.41, 5.74) is 3.95. The highest BCUT2D eigenvalue weighted by Crippen LogP contribution is 2.48. The molecule has 1 fully saturated rings. The quantitative estimate of drug-likeness (QED) is 0.697. The summed E-state index contributed by atoms with van der Waals surface area (Å²) in [5.74, 6) is 1.15. The Hall–Kier alpha value is -1.11. The zero-order chi connectivity index (χ0) is 10.3. The van der Waals surface area contributed by atoms with E-state index in [0.717, 1.165) is 6.42 Å². The zero-order valence-corrected chi connectivity index (χ0v) is 9.00. The fourth-order valence-electron chi connectivity index (χ4n) is 2.24. The number of carbonyl (C=O) groups excluding carboxylic acids is 1. The van der Waals surface area contributed by atoms with Gasteiger partial charge in [-0.1, -0.05) is 29.3 Å². The van der Waals surface area contributed by atoms with Gasteiger partial charge in [0, 0.05) is 5.92 Å². The Kier molecular flexibility index (Phi) is 2.18. The number of hydrogen-bond donors (Lipinski definition) is 0. The van der Waals surface area contributed by atoms with Gasteiger partial charge in [0.1, 0.15) is 5.78 Å². The Morgan fingerprint density at radius 2 is 1.79 bits per heavy atom.